The molecule has 0 spiro atoms. The third-order valence-electron chi connectivity index (χ3n) is 2.76. The van der Waals surface area contributed by atoms with E-state index >= 15 is 0 Å². The van der Waals surface area contributed by atoms with Crippen LogP contribution in [-0.4, -0.2) is 42.1 Å². The number of hydrogen-bond donors (Lipinski definition) is 1. The largest absolute Gasteiger partial charge is 0.393 e. The van der Waals surface area contributed by atoms with Crippen molar-refractivity contribution in [2.75, 3.05) is 20.1 Å². The fraction of sp³-hybridized carbons (Fsp3) is 0.727. The minimum atomic E-state index is -0.115. The second kappa shape index (κ2) is 5.15. The molecule has 1 heterocycles. The SMILES string of the molecule is CC=C(C)C(=NC)N1CCC(O)CC1. The van der Waals surface area contributed by atoms with E-state index in [2.05, 4.69) is 22.9 Å². The quantitative estimate of drug-likeness (QED) is 0.509. The number of allylic oxidation sites excluding steroid dienone is 1. The fourth-order valence-electron chi connectivity index (χ4n) is 1.77. The standard InChI is InChI=1S/C11H20N2O/c1-4-9(2)11(12-3)13-7-5-10(14)6-8-13/h4,10,14H,5-8H2,1-3H3. The zero-order chi connectivity index (χ0) is 10.6. The van der Waals surface area contributed by atoms with E-state index in [9.17, 15) is 5.11 Å². The van der Waals surface area contributed by atoms with Gasteiger partial charge in [-0.1, -0.05) is 6.08 Å². The van der Waals surface area contributed by atoms with E-state index < -0.39 is 0 Å². The molecular weight excluding hydrogens is 176 g/mol. The number of rotatable bonds is 1. The predicted octanol–water partition coefficient (Wildman–Crippen LogP) is 1.44. The average Bonchev–Trinajstić information content (AvgIpc) is 2.21. The molecule has 0 aromatic carbocycles. The third kappa shape index (κ3) is 2.58. The number of aliphatic imine (C=N–C) groups is 1. The summed E-state index contributed by atoms with van der Waals surface area (Å²) in [5.74, 6) is 1.07. The van der Waals surface area contributed by atoms with Crippen LogP contribution in [0.1, 0.15) is 26.7 Å². The van der Waals surface area contributed by atoms with Crippen molar-refractivity contribution >= 4 is 5.84 Å². The minimum Gasteiger partial charge on any atom is -0.393 e. The van der Waals surface area contributed by atoms with Crippen LogP contribution in [0.15, 0.2) is 16.6 Å². The second-order valence-electron chi connectivity index (χ2n) is 3.74. The minimum absolute atomic E-state index is 0.115. The van der Waals surface area contributed by atoms with Gasteiger partial charge in [-0.15, -0.1) is 0 Å². The summed E-state index contributed by atoms with van der Waals surface area (Å²) in [6.45, 7) is 5.94. The van der Waals surface area contributed by atoms with Crippen LogP contribution >= 0.6 is 0 Å². The predicted molar refractivity (Wildman–Crippen MR) is 59.6 cm³/mol. The molecule has 0 unspecified atom stereocenters. The summed E-state index contributed by atoms with van der Waals surface area (Å²) in [6.07, 6.45) is 3.68. The van der Waals surface area contributed by atoms with Gasteiger partial charge in [-0.05, 0) is 32.3 Å². The Hall–Kier alpha value is -0.830. The van der Waals surface area contributed by atoms with Crippen molar-refractivity contribution in [1.29, 1.82) is 0 Å². The van der Waals surface area contributed by atoms with E-state index in [1.165, 1.54) is 5.57 Å². The highest BCUT2D eigenvalue weighted by Crippen LogP contribution is 2.13. The highest BCUT2D eigenvalue weighted by atomic mass is 16.3. The van der Waals surface area contributed by atoms with Gasteiger partial charge in [-0.25, -0.2) is 0 Å². The molecule has 0 aromatic heterocycles. The van der Waals surface area contributed by atoms with Gasteiger partial charge in [0.15, 0.2) is 0 Å². The van der Waals surface area contributed by atoms with Crippen LogP contribution < -0.4 is 0 Å². The molecule has 1 saturated heterocycles. The molecule has 1 aliphatic heterocycles. The van der Waals surface area contributed by atoms with Crippen LogP contribution in [0.2, 0.25) is 0 Å². The Morgan fingerprint density at radius 1 is 1.43 bits per heavy atom. The van der Waals surface area contributed by atoms with Gasteiger partial charge in [0.05, 0.1) is 6.10 Å². The first-order valence-electron chi connectivity index (χ1n) is 5.22. The number of likely N-dealkylation sites (tertiary alicyclic amines) is 1. The van der Waals surface area contributed by atoms with E-state index in [0.717, 1.165) is 31.8 Å². The number of hydrogen-bond acceptors (Lipinski definition) is 2. The summed E-state index contributed by atoms with van der Waals surface area (Å²) in [5.41, 5.74) is 1.21. The maximum atomic E-state index is 9.40. The summed E-state index contributed by atoms with van der Waals surface area (Å²) in [6, 6.07) is 0. The molecule has 0 amide bonds. The first-order chi connectivity index (χ1) is 6.69. The van der Waals surface area contributed by atoms with Crippen molar-refractivity contribution in [2.24, 2.45) is 4.99 Å². The molecule has 0 atom stereocenters. The van der Waals surface area contributed by atoms with Gasteiger partial charge in [0.1, 0.15) is 5.84 Å². The Morgan fingerprint density at radius 2 is 2.00 bits per heavy atom. The fourth-order valence-corrected chi connectivity index (χ4v) is 1.77. The lowest BCUT2D eigenvalue weighted by atomic mass is 10.1. The molecule has 80 valence electrons. The maximum Gasteiger partial charge on any atom is 0.125 e. The van der Waals surface area contributed by atoms with E-state index in [1.54, 1.807) is 0 Å². The van der Waals surface area contributed by atoms with Crippen molar-refractivity contribution in [3.05, 3.63) is 11.6 Å². The zero-order valence-corrected chi connectivity index (χ0v) is 9.32. The van der Waals surface area contributed by atoms with Crippen molar-refractivity contribution in [3.63, 3.8) is 0 Å². The summed E-state index contributed by atoms with van der Waals surface area (Å²) in [4.78, 5) is 6.55. The zero-order valence-electron chi connectivity index (χ0n) is 9.32. The first kappa shape index (κ1) is 11.2. The van der Waals surface area contributed by atoms with Crippen LogP contribution in [-0.2, 0) is 0 Å². The highest BCUT2D eigenvalue weighted by molar-refractivity contribution is 5.97. The molecule has 1 rings (SSSR count). The van der Waals surface area contributed by atoms with Gasteiger partial charge in [0.2, 0.25) is 0 Å². The molecule has 0 aliphatic carbocycles. The molecule has 3 nitrogen and oxygen atoms in total. The van der Waals surface area contributed by atoms with E-state index in [-0.39, 0.29) is 6.10 Å². The van der Waals surface area contributed by atoms with E-state index in [0.29, 0.717) is 0 Å². The van der Waals surface area contributed by atoms with Gasteiger partial charge in [-0.3, -0.25) is 4.99 Å². The van der Waals surface area contributed by atoms with Gasteiger partial charge in [0, 0.05) is 20.1 Å². The molecule has 1 aliphatic rings. The first-order valence-corrected chi connectivity index (χ1v) is 5.22. The second-order valence-corrected chi connectivity index (χ2v) is 3.74. The van der Waals surface area contributed by atoms with E-state index in [4.69, 9.17) is 0 Å². The number of piperidine rings is 1. The molecule has 0 aromatic rings. The lowest BCUT2D eigenvalue weighted by Crippen LogP contribution is -2.40. The van der Waals surface area contributed by atoms with Gasteiger partial charge in [-0.2, -0.15) is 0 Å². The molecular formula is C11H20N2O. The topological polar surface area (TPSA) is 35.8 Å². The Balaban J connectivity index is 2.64. The number of amidine groups is 1. The molecule has 1 fully saturated rings. The van der Waals surface area contributed by atoms with Gasteiger partial charge in [0.25, 0.3) is 0 Å². The smallest absolute Gasteiger partial charge is 0.125 e. The molecule has 14 heavy (non-hydrogen) atoms. The highest BCUT2D eigenvalue weighted by Gasteiger charge is 2.19. The average molecular weight is 196 g/mol. The normalized spacial score (nSPS) is 21.6. The molecule has 3 heteroatoms. The van der Waals surface area contributed by atoms with Gasteiger partial charge < -0.3 is 10.0 Å². The Labute approximate surface area is 86.1 Å². The van der Waals surface area contributed by atoms with Crippen LogP contribution in [0.3, 0.4) is 0 Å². The number of aliphatic hydroxyl groups excluding tert-OH is 1. The van der Waals surface area contributed by atoms with Crippen LogP contribution in [0, 0.1) is 0 Å². The summed E-state index contributed by atoms with van der Waals surface area (Å²) in [5, 5.41) is 9.40. The van der Waals surface area contributed by atoms with Crippen molar-refractivity contribution in [3.8, 4) is 0 Å². The lowest BCUT2D eigenvalue weighted by Gasteiger charge is -2.32. The summed E-state index contributed by atoms with van der Waals surface area (Å²) in [7, 11) is 1.83. The number of nitrogens with zero attached hydrogens (tertiary/aromatic N) is 2. The van der Waals surface area contributed by atoms with Crippen molar-refractivity contribution in [1.82, 2.24) is 4.90 Å². The Morgan fingerprint density at radius 3 is 2.43 bits per heavy atom. The Bertz CT molecular complexity index is 238. The third-order valence-corrected chi connectivity index (χ3v) is 2.76. The van der Waals surface area contributed by atoms with Crippen molar-refractivity contribution in [2.45, 2.75) is 32.8 Å². The van der Waals surface area contributed by atoms with Crippen LogP contribution in [0.25, 0.3) is 0 Å². The molecule has 0 radical (unpaired) electrons. The van der Waals surface area contributed by atoms with Crippen LogP contribution in [0.4, 0.5) is 0 Å². The van der Waals surface area contributed by atoms with Crippen molar-refractivity contribution < 1.29 is 5.11 Å². The summed E-state index contributed by atoms with van der Waals surface area (Å²) < 4.78 is 0. The van der Waals surface area contributed by atoms with Gasteiger partial charge >= 0.3 is 0 Å². The molecule has 0 bridgehead atoms. The molecule has 0 saturated carbocycles. The lowest BCUT2D eigenvalue weighted by molar-refractivity contribution is 0.109. The number of aliphatic hydroxyl groups is 1. The Kier molecular flexibility index (Phi) is 4.14. The maximum absolute atomic E-state index is 9.40. The summed E-state index contributed by atoms with van der Waals surface area (Å²) >= 11 is 0. The molecule has 1 N–H and O–H groups in total. The van der Waals surface area contributed by atoms with Crippen LogP contribution in [0.5, 0.6) is 0 Å². The van der Waals surface area contributed by atoms with E-state index in [1.807, 2.05) is 14.0 Å². The monoisotopic (exact) mass is 196 g/mol.